The molecule has 182 valence electrons. The van der Waals surface area contributed by atoms with E-state index in [4.69, 9.17) is 43.8 Å². The molecule has 2 aliphatic rings. The third-order valence-corrected chi connectivity index (χ3v) is 6.85. The molecule has 1 atom stereocenters. The SMILES string of the molecule is C[C@@H](Oc1ccc(N)c(C(=N)c2ccc(N3CC4(COCCN4)C3)nn2)c1)c1c(Cl)cncc1Cl. The summed E-state index contributed by atoms with van der Waals surface area (Å²) in [4.78, 5) is 6.12. The van der Waals surface area contributed by atoms with E-state index in [0.29, 0.717) is 44.9 Å². The van der Waals surface area contributed by atoms with Crippen molar-refractivity contribution in [2.75, 3.05) is 43.5 Å². The zero-order valence-electron chi connectivity index (χ0n) is 19.1. The van der Waals surface area contributed by atoms with Crippen LogP contribution in [0.5, 0.6) is 5.75 Å². The van der Waals surface area contributed by atoms with Crippen molar-refractivity contribution in [1.82, 2.24) is 20.5 Å². The van der Waals surface area contributed by atoms with Gasteiger partial charge in [0.15, 0.2) is 5.82 Å². The van der Waals surface area contributed by atoms with Crippen LogP contribution < -0.4 is 20.7 Å². The summed E-state index contributed by atoms with van der Waals surface area (Å²) in [5, 5.41) is 21.7. The number of nitrogens with zero attached hydrogens (tertiary/aromatic N) is 4. The maximum atomic E-state index is 8.69. The number of anilines is 2. The number of aromatic nitrogens is 3. The average Bonchev–Trinajstić information content (AvgIpc) is 2.84. The summed E-state index contributed by atoms with van der Waals surface area (Å²) < 4.78 is 11.7. The highest BCUT2D eigenvalue weighted by Gasteiger charge is 2.45. The van der Waals surface area contributed by atoms with Crippen molar-refractivity contribution >= 4 is 40.4 Å². The molecular formula is C24H25Cl2N7O2. The van der Waals surface area contributed by atoms with Crippen LogP contribution in [0.15, 0.2) is 42.7 Å². The molecule has 4 heterocycles. The van der Waals surface area contributed by atoms with Gasteiger partial charge in [-0.3, -0.25) is 10.4 Å². The second-order valence-corrected chi connectivity index (χ2v) is 9.61. The molecule has 2 fully saturated rings. The minimum atomic E-state index is -0.438. The number of halogens is 2. The second kappa shape index (κ2) is 9.58. The summed E-state index contributed by atoms with van der Waals surface area (Å²) in [5.41, 5.74) is 8.33. The zero-order valence-corrected chi connectivity index (χ0v) is 20.6. The van der Waals surface area contributed by atoms with Crippen LogP contribution >= 0.6 is 23.2 Å². The first kappa shape index (κ1) is 23.7. The molecule has 9 nitrogen and oxygen atoms in total. The standard InChI is InChI=1S/C24H25Cl2N7O2/c1-14(22-17(25)9-29-10-18(22)26)35-15-2-3-19(27)16(8-15)23(28)20-4-5-21(32-31-20)33-11-24(12-33)13-34-7-6-30-24/h2-5,8-10,14,28,30H,6-7,11-13,27H2,1H3/t14-/m1/s1. The number of nitrogens with one attached hydrogen (secondary N) is 2. The predicted molar refractivity (Wildman–Crippen MR) is 136 cm³/mol. The fourth-order valence-corrected chi connectivity index (χ4v) is 5.09. The van der Waals surface area contributed by atoms with E-state index >= 15 is 0 Å². The summed E-state index contributed by atoms with van der Waals surface area (Å²) in [5.74, 6) is 1.29. The maximum Gasteiger partial charge on any atom is 0.151 e. The molecule has 0 aliphatic carbocycles. The summed E-state index contributed by atoms with van der Waals surface area (Å²) >= 11 is 12.5. The highest BCUT2D eigenvalue weighted by molar-refractivity contribution is 6.35. The summed E-state index contributed by atoms with van der Waals surface area (Å²) in [6.07, 6.45) is 2.61. The van der Waals surface area contributed by atoms with Crippen LogP contribution in [-0.2, 0) is 4.74 Å². The maximum absolute atomic E-state index is 8.69. The fraction of sp³-hybridized carbons (Fsp3) is 0.333. The van der Waals surface area contributed by atoms with E-state index < -0.39 is 6.10 Å². The van der Waals surface area contributed by atoms with Crippen LogP contribution in [0.25, 0.3) is 0 Å². The van der Waals surface area contributed by atoms with Crippen molar-refractivity contribution < 1.29 is 9.47 Å². The zero-order chi connectivity index (χ0) is 24.6. The van der Waals surface area contributed by atoms with E-state index in [-0.39, 0.29) is 11.3 Å². The normalized spacial score (nSPS) is 17.6. The molecule has 5 rings (SSSR count). The smallest absolute Gasteiger partial charge is 0.151 e. The Bertz CT molecular complexity index is 1220. The van der Waals surface area contributed by atoms with Crippen LogP contribution in [0.4, 0.5) is 11.5 Å². The molecule has 1 spiro atoms. The number of hydrogen-bond acceptors (Lipinski definition) is 9. The van der Waals surface area contributed by atoms with Gasteiger partial charge in [-0.1, -0.05) is 23.2 Å². The Labute approximate surface area is 213 Å². The van der Waals surface area contributed by atoms with Gasteiger partial charge >= 0.3 is 0 Å². The van der Waals surface area contributed by atoms with E-state index in [1.54, 1.807) is 24.3 Å². The molecule has 0 radical (unpaired) electrons. The van der Waals surface area contributed by atoms with Gasteiger partial charge in [0, 0.05) is 48.8 Å². The molecule has 1 aromatic carbocycles. The summed E-state index contributed by atoms with van der Waals surface area (Å²) in [6.45, 7) is 5.78. The molecule has 4 N–H and O–H groups in total. The third-order valence-electron chi connectivity index (χ3n) is 6.25. The highest BCUT2D eigenvalue weighted by Crippen LogP contribution is 2.33. The summed E-state index contributed by atoms with van der Waals surface area (Å²) in [6, 6.07) is 8.80. The van der Waals surface area contributed by atoms with Crippen molar-refractivity contribution in [3.8, 4) is 5.75 Å². The van der Waals surface area contributed by atoms with Crippen LogP contribution in [0.1, 0.15) is 29.8 Å². The first-order chi connectivity index (χ1) is 16.8. The third kappa shape index (κ3) is 4.77. The van der Waals surface area contributed by atoms with Gasteiger partial charge in [0.05, 0.1) is 34.5 Å². The minimum absolute atomic E-state index is 0.00204. The molecule has 3 aromatic rings. The molecule has 2 aliphatic heterocycles. The Kier molecular flexibility index (Phi) is 6.50. The molecule has 0 bridgehead atoms. The van der Waals surface area contributed by atoms with E-state index in [2.05, 4.69) is 25.4 Å². The van der Waals surface area contributed by atoms with Crippen molar-refractivity contribution in [3.05, 3.63) is 69.6 Å². The summed E-state index contributed by atoms with van der Waals surface area (Å²) in [7, 11) is 0. The number of pyridine rings is 1. The quantitative estimate of drug-likeness (QED) is 0.338. The van der Waals surface area contributed by atoms with Gasteiger partial charge in [-0.25, -0.2) is 0 Å². The second-order valence-electron chi connectivity index (χ2n) is 8.79. The van der Waals surface area contributed by atoms with Gasteiger partial charge in [0.1, 0.15) is 17.5 Å². The topological polar surface area (TPSA) is 122 Å². The Morgan fingerprint density at radius 2 is 1.97 bits per heavy atom. The van der Waals surface area contributed by atoms with E-state index in [1.165, 1.54) is 12.4 Å². The number of nitrogens with two attached hydrogens (primary N) is 1. The van der Waals surface area contributed by atoms with Crippen molar-refractivity contribution in [2.24, 2.45) is 0 Å². The average molecular weight is 514 g/mol. The van der Waals surface area contributed by atoms with Gasteiger partial charge in [0.25, 0.3) is 0 Å². The van der Waals surface area contributed by atoms with E-state index in [0.717, 1.165) is 32.1 Å². The van der Waals surface area contributed by atoms with Crippen LogP contribution in [0, 0.1) is 5.41 Å². The van der Waals surface area contributed by atoms with Gasteiger partial charge < -0.3 is 25.4 Å². The number of nitrogen functional groups attached to an aromatic ring is 1. The Hall–Kier alpha value is -2.98. The number of ether oxygens (including phenoxy) is 2. The molecular weight excluding hydrogens is 489 g/mol. The molecule has 2 saturated heterocycles. The molecule has 0 amide bonds. The van der Waals surface area contributed by atoms with Crippen molar-refractivity contribution in [2.45, 2.75) is 18.6 Å². The van der Waals surface area contributed by atoms with Crippen LogP contribution in [-0.4, -0.2) is 59.3 Å². The lowest BCUT2D eigenvalue weighted by molar-refractivity contribution is 0.0134. The van der Waals surface area contributed by atoms with Gasteiger partial charge in [-0.15, -0.1) is 10.2 Å². The van der Waals surface area contributed by atoms with Gasteiger partial charge in [-0.05, 0) is 37.3 Å². The number of rotatable bonds is 6. The first-order valence-electron chi connectivity index (χ1n) is 11.2. The molecule has 2 aromatic heterocycles. The molecule has 35 heavy (non-hydrogen) atoms. The lowest BCUT2D eigenvalue weighted by atomic mass is 9.89. The largest absolute Gasteiger partial charge is 0.486 e. The lowest BCUT2D eigenvalue weighted by Gasteiger charge is -2.52. The van der Waals surface area contributed by atoms with E-state index in [9.17, 15) is 0 Å². The van der Waals surface area contributed by atoms with E-state index in [1.807, 2.05) is 13.0 Å². The predicted octanol–water partition coefficient (Wildman–Crippen LogP) is 3.50. The highest BCUT2D eigenvalue weighted by atomic mass is 35.5. The minimum Gasteiger partial charge on any atom is -0.486 e. The number of benzene rings is 1. The number of morpholine rings is 1. The van der Waals surface area contributed by atoms with Crippen LogP contribution in [0.3, 0.4) is 0 Å². The van der Waals surface area contributed by atoms with Crippen LogP contribution in [0.2, 0.25) is 10.0 Å². The molecule has 0 unspecified atom stereocenters. The molecule has 11 heteroatoms. The van der Waals surface area contributed by atoms with Crippen molar-refractivity contribution in [1.29, 1.82) is 5.41 Å². The Morgan fingerprint density at radius 1 is 1.20 bits per heavy atom. The Balaban J connectivity index is 1.29. The monoisotopic (exact) mass is 513 g/mol. The van der Waals surface area contributed by atoms with Crippen molar-refractivity contribution in [3.63, 3.8) is 0 Å². The molecule has 0 saturated carbocycles. The number of hydrogen-bond donors (Lipinski definition) is 3. The fourth-order valence-electron chi connectivity index (χ4n) is 4.42. The van der Waals surface area contributed by atoms with Gasteiger partial charge in [0.2, 0.25) is 0 Å². The lowest BCUT2D eigenvalue weighted by Crippen LogP contribution is -2.73. The Morgan fingerprint density at radius 3 is 2.63 bits per heavy atom. The van der Waals surface area contributed by atoms with Gasteiger partial charge in [-0.2, -0.15) is 0 Å². The first-order valence-corrected chi connectivity index (χ1v) is 12.0.